The second-order valence-electron chi connectivity index (χ2n) is 6.88. The molecule has 6 heteroatoms. The summed E-state index contributed by atoms with van der Waals surface area (Å²) in [6.45, 7) is 11.8. The molecule has 0 aliphatic rings. The van der Waals surface area contributed by atoms with Gasteiger partial charge in [-0.3, -0.25) is 0 Å². The first-order valence-corrected chi connectivity index (χ1v) is 9.02. The summed E-state index contributed by atoms with van der Waals surface area (Å²) in [5.74, 6) is 1.01. The summed E-state index contributed by atoms with van der Waals surface area (Å²) in [4.78, 5) is 4.34. The van der Waals surface area contributed by atoms with Gasteiger partial charge in [-0.1, -0.05) is 32.9 Å². The Bertz CT molecular complexity index is 792. The van der Waals surface area contributed by atoms with Gasteiger partial charge in [0.25, 0.3) is 0 Å². The van der Waals surface area contributed by atoms with Crippen molar-refractivity contribution in [1.29, 1.82) is 0 Å². The summed E-state index contributed by atoms with van der Waals surface area (Å²) in [6.07, 6.45) is 1.57. The number of rotatable bonds is 4. The van der Waals surface area contributed by atoms with Crippen molar-refractivity contribution in [2.24, 2.45) is 0 Å². The van der Waals surface area contributed by atoms with E-state index >= 15 is 0 Å². The topological polar surface area (TPSA) is 72.2 Å². The largest absolute Gasteiger partial charge is 0.445 e. The zero-order chi connectivity index (χ0) is 17.4. The minimum atomic E-state index is -3.62. The van der Waals surface area contributed by atoms with Crippen LogP contribution in [0.3, 0.4) is 0 Å². The number of nitrogens with zero attached hydrogens (tertiary/aromatic N) is 1. The lowest BCUT2D eigenvalue weighted by Gasteiger charge is -2.22. The minimum Gasteiger partial charge on any atom is -0.445 e. The first-order chi connectivity index (χ1) is 10.5. The average Bonchev–Trinajstić information content (AvgIpc) is 2.80. The van der Waals surface area contributed by atoms with Gasteiger partial charge < -0.3 is 4.42 Å². The number of benzene rings is 1. The van der Waals surface area contributed by atoms with E-state index in [0.717, 1.165) is 16.7 Å². The molecular formula is C17H24N2O3S. The van der Waals surface area contributed by atoms with Crippen molar-refractivity contribution in [3.63, 3.8) is 0 Å². The van der Waals surface area contributed by atoms with Gasteiger partial charge in [0.2, 0.25) is 15.9 Å². The van der Waals surface area contributed by atoms with Gasteiger partial charge in [0.05, 0.1) is 17.6 Å². The van der Waals surface area contributed by atoms with Gasteiger partial charge in [0.1, 0.15) is 5.76 Å². The Balaban J connectivity index is 2.32. The van der Waals surface area contributed by atoms with E-state index in [1.165, 1.54) is 0 Å². The van der Waals surface area contributed by atoms with E-state index in [2.05, 4.69) is 30.5 Å². The van der Waals surface area contributed by atoms with Crippen LogP contribution in [0, 0.1) is 20.8 Å². The van der Waals surface area contributed by atoms with Crippen LogP contribution in [-0.4, -0.2) is 13.4 Å². The highest BCUT2D eigenvalue weighted by atomic mass is 32.2. The van der Waals surface area contributed by atoms with Gasteiger partial charge in [0.15, 0.2) is 0 Å². The van der Waals surface area contributed by atoms with E-state index in [-0.39, 0.29) is 12.0 Å². The van der Waals surface area contributed by atoms with Crippen LogP contribution in [0.25, 0.3) is 0 Å². The van der Waals surface area contributed by atoms with Crippen molar-refractivity contribution in [3.8, 4) is 0 Å². The van der Waals surface area contributed by atoms with E-state index in [4.69, 9.17) is 4.42 Å². The highest BCUT2D eigenvalue weighted by molar-refractivity contribution is 7.89. The molecule has 23 heavy (non-hydrogen) atoms. The smallest absolute Gasteiger partial charge is 0.241 e. The lowest BCUT2D eigenvalue weighted by atomic mass is 9.85. The van der Waals surface area contributed by atoms with Crippen molar-refractivity contribution in [3.05, 3.63) is 46.7 Å². The molecule has 0 atom stereocenters. The van der Waals surface area contributed by atoms with Crippen molar-refractivity contribution in [2.75, 3.05) is 0 Å². The molecule has 0 spiro atoms. The summed E-state index contributed by atoms with van der Waals surface area (Å²) >= 11 is 0. The molecule has 0 radical (unpaired) electrons. The molecule has 0 amide bonds. The molecule has 0 fully saturated rings. The zero-order valence-corrected chi connectivity index (χ0v) is 15.3. The van der Waals surface area contributed by atoms with E-state index in [1.807, 2.05) is 26.0 Å². The van der Waals surface area contributed by atoms with Crippen LogP contribution >= 0.6 is 0 Å². The Kier molecular flexibility index (Phi) is 4.69. The number of aromatic nitrogens is 1. The van der Waals surface area contributed by atoms with Crippen LogP contribution < -0.4 is 4.72 Å². The highest BCUT2D eigenvalue weighted by Gasteiger charge is 2.23. The van der Waals surface area contributed by atoms with E-state index in [0.29, 0.717) is 16.5 Å². The zero-order valence-electron chi connectivity index (χ0n) is 14.5. The van der Waals surface area contributed by atoms with Crippen molar-refractivity contribution in [2.45, 2.75) is 58.4 Å². The molecule has 0 bridgehead atoms. The summed E-state index contributed by atoms with van der Waals surface area (Å²) in [5, 5.41) is 0. The van der Waals surface area contributed by atoms with E-state index in [9.17, 15) is 8.42 Å². The molecular weight excluding hydrogens is 312 g/mol. The number of hydrogen-bond donors (Lipinski definition) is 1. The summed E-state index contributed by atoms with van der Waals surface area (Å²) < 4.78 is 33.1. The minimum absolute atomic E-state index is 0.0269. The molecule has 1 aromatic heterocycles. The third-order valence-corrected chi connectivity index (χ3v) is 5.38. The first kappa shape index (κ1) is 17.7. The van der Waals surface area contributed by atoms with Crippen molar-refractivity contribution in [1.82, 2.24) is 9.71 Å². The Labute approximate surface area is 138 Å². The van der Waals surface area contributed by atoms with Gasteiger partial charge in [-0.25, -0.2) is 18.1 Å². The molecule has 0 aliphatic heterocycles. The first-order valence-electron chi connectivity index (χ1n) is 7.53. The maximum absolute atomic E-state index is 12.6. The van der Waals surface area contributed by atoms with Crippen LogP contribution in [-0.2, 0) is 22.0 Å². The summed E-state index contributed by atoms with van der Waals surface area (Å²) in [5.41, 5.74) is 2.58. The molecule has 1 N–H and O–H groups in total. The van der Waals surface area contributed by atoms with Crippen LogP contribution in [0.5, 0.6) is 0 Å². The molecule has 5 nitrogen and oxygen atoms in total. The average molecular weight is 336 g/mol. The van der Waals surface area contributed by atoms with Crippen LogP contribution in [0.1, 0.15) is 49.1 Å². The standard InChI is InChI=1S/C17H24N2O3S/c1-11-7-14(17(4,5)6)8-12(2)16(11)23(20,21)19-10-15-18-9-13(3)22-15/h7-9,19H,10H2,1-6H3. The third kappa shape index (κ3) is 4.00. The second-order valence-corrected chi connectivity index (χ2v) is 8.58. The Morgan fingerprint density at radius 3 is 2.13 bits per heavy atom. The van der Waals surface area contributed by atoms with Crippen LogP contribution in [0.15, 0.2) is 27.6 Å². The third-order valence-electron chi connectivity index (χ3n) is 3.68. The summed E-state index contributed by atoms with van der Waals surface area (Å²) in [7, 11) is -3.62. The molecule has 0 unspecified atom stereocenters. The van der Waals surface area contributed by atoms with E-state index < -0.39 is 10.0 Å². The molecule has 2 aromatic rings. The number of oxazole rings is 1. The quantitative estimate of drug-likeness (QED) is 0.929. The Morgan fingerprint density at radius 2 is 1.70 bits per heavy atom. The van der Waals surface area contributed by atoms with Crippen LogP contribution in [0.4, 0.5) is 0 Å². The Hall–Kier alpha value is -1.66. The van der Waals surface area contributed by atoms with E-state index in [1.54, 1.807) is 13.1 Å². The number of sulfonamides is 1. The number of nitrogens with one attached hydrogen (secondary N) is 1. The molecule has 0 saturated carbocycles. The van der Waals surface area contributed by atoms with Gasteiger partial charge in [-0.05, 0) is 42.9 Å². The normalized spacial score (nSPS) is 12.6. The fourth-order valence-electron chi connectivity index (χ4n) is 2.52. The maximum atomic E-state index is 12.6. The molecule has 1 aromatic carbocycles. The predicted octanol–water partition coefficient (Wildman–Crippen LogP) is 3.38. The summed E-state index contributed by atoms with van der Waals surface area (Å²) in [6, 6.07) is 3.88. The predicted molar refractivity (Wildman–Crippen MR) is 89.9 cm³/mol. The maximum Gasteiger partial charge on any atom is 0.241 e. The SMILES string of the molecule is Cc1cnc(CNS(=O)(=O)c2c(C)cc(C(C)(C)C)cc2C)o1. The van der Waals surface area contributed by atoms with Crippen molar-refractivity contribution < 1.29 is 12.8 Å². The fourth-order valence-corrected chi connectivity index (χ4v) is 3.94. The number of hydrogen-bond acceptors (Lipinski definition) is 4. The van der Waals surface area contributed by atoms with Crippen molar-refractivity contribution >= 4 is 10.0 Å². The van der Waals surface area contributed by atoms with Gasteiger partial charge in [-0.2, -0.15) is 0 Å². The monoisotopic (exact) mass is 336 g/mol. The molecule has 2 rings (SSSR count). The van der Waals surface area contributed by atoms with Gasteiger partial charge >= 0.3 is 0 Å². The molecule has 0 aliphatic carbocycles. The lowest BCUT2D eigenvalue weighted by Crippen LogP contribution is -2.25. The molecule has 1 heterocycles. The highest BCUT2D eigenvalue weighted by Crippen LogP contribution is 2.29. The Morgan fingerprint density at radius 1 is 1.13 bits per heavy atom. The fraction of sp³-hybridized carbons (Fsp3) is 0.471. The van der Waals surface area contributed by atoms with Crippen LogP contribution in [0.2, 0.25) is 0 Å². The van der Waals surface area contributed by atoms with Gasteiger partial charge in [0, 0.05) is 0 Å². The lowest BCUT2D eigenvalue weighted by molar-refractivity contribution is 0.463. The number of aryl methyl sites for hydroxylation is 3. The molecule has 0 saturated heterocycles. The second kappa shape index (κ2) is 6.09. The van der Waals surface area contributed by atoms with Gasteiger partial charge in [-0.15, -0.1) is 0 Å². The molecule has 126 valence electrons.